The molecule has 0 aromatic heterocycles. The van der Waals surface area contributed by atoms with E-state index in [1.807, 2.05) is 0 Å². The number of ether oxygens (including phenoxy) is 1. The van der Waals surface area contributed by atoms with Gasteiger partial charge >= 0.3 is 11.9 Å². The molecule has 1 N–H and O–H groups in total. The van der Waals surface area contributed by atoms with Crippen molar-refractivity contribution < 1.29 is 62.9 Å². The molecule has 0 spiro atoms. The standard InChI is InChI=1S/C5H8O4.2Ti/c1-3(6)5(8)9-4(2)7;;/h3,6H,1-2H3;;. The summed E-state index contributed by atoms with van der Waals surface area (Å²) in [7, 11) is 0. The monoisotopic (exact) mass is 228 g/mol. The Labute approximate surface area is 94.4 Å². The van der Waals surface area contributed by atoms with Gasteiger partial charge in [0.1, 0.15) is 6.10 Å². The van der Waals surface area contributed by atoms with Gasteiger partial charge in [0, 0.05) is 50.4 Å². The summed E-state index contributed by atoms with van der Waals surface area (Å²) in [6.07, 6.45) is -1.23. The van der Waals surface area contributed by atoms with Gasteiger partial charge in [0.05, 0.1) is 0 Å². The van der Waals surface area contributed by atoms with Crippen LogP contribution in [0.5, 0.6) is 0 Å². The van der Waals surface area contributed by atoms with Crippen LogP contribution < -0.4 is 0 Å². The molecule has 11 heavy (non-hydrogen) atoms. The molecule has 0 bridgehead atoms. The molecule has 0 aliphatic rings. The van der Waals surface area contributed by atoms with Crippen molar-refractivity contribution in [3.05, 3.63) is 0 Å². The van der Waals surface area contributed by atoms with Crippen LogP contribution in [0.1, 0.15) is 13.8 Å². The largest absolute Gasteiger partial charge is 0.391 e. The van der Waals surface area contributed by atoms with Gasteiger partial charge in [-0.1, -0.05) is 0 Å². The maximum atomic E-state index is 10.3. The van der Waals surface area contributed by atoms with Crippen LogP contribution in [0.4, 0.5) is 0 Å². The zero-order chi connectivity index (χ0) is 7.44. The van der Waals surface area contributed by atoms with E-state index in [1.54, 1.807) is 0 Å². The van der Waals surface area contributed by atoms with Crippen LogP contribution in [-0.2, 0) is 57.8 Å². The summed E-state index contributed by atoms with van der Waals surface area (Å²) >= 11 is 0. The van der Waals surface area contributed by atoms with Crippen molar-refractivity contribution in [1.29, 1.82) is 0 Å². The second kappa shape index (κ2) is 8.62. The van der Waals surface area contributed by atoms with Crippen LogP contribution >= 0.6 is 0 Å². The summed E-state index contributed by atoms with van der Waals surface area (Å²) in [6.45, 7) is 2.32. The van der Waals surface area contributed by atoms with Crippen molar-refractivity contribution in [3.8, 4) is 0 Å². The first kappa shape index (κ1) is 17.6. The predicted octanol–water partition coefficient (Wildman–Crippen LogP) is -0.548. The molecule has 0 aromatic rings. The van der Waals surface area contributed by atoms with Crippen LogP contribution in [0.3, 0.4) is 0 Å². The minimum Gasteiger partial charge on any atom is -0.391 e. The summed E-state index contributed by atoms with van der Waals surface area (Å²) in [5.41, 5.74) is 0. The van der Waals surface area contributed by atoms with E-state index in [0.717, 1.165) is 6.92 Å². The molecule has 0 heterocycles. The predicted molar refractivity (Wildman–Crippen MR) is 28.5 cm³/mol. The Balaban J connectivity index is -0.000000320. The van der Waals surface area contributed by atoms with E-state index in [-0.39, 0.29) is 43.4 Å². The average Bonchev–Trinajstić information content (AvgIpc) is 1.63. The van der Waals surface area contributed by atoms with E-state index in [2.05, 4.69) is 4.74 Å². The summed E-state index contributed by atoms with van der Waals surface area (Å²) in [6, 6.07) is 0. The second-order valence-electron chi connectivity index (χ2n) is 1.59. The number of hydrogen-bond acceptors (Lipinski definition) is 4. The first-order valence-electron chi connectivity index (χ1n) is 2.44. The third-order valence-electron chi connectivity index (χ3n) is 0.585. The summed E-state index contributed by atoms with van der Waals surface area (Å²) in [4.78, 5) is 20.3. The van der Waals surface area contributed by atoms with Gasteiger partial charge in [-0.25, -0.2) is 4.79 Å². The Hall–Kier alpha value is 0.529. The Morgan fingerprint density at radius 3 is 1.82 bits per heavy atom. The average molecular weight is 228 g/mol. The summed E-state index contributed by atoms with van der Waals surface area (Å²) in [5, 5.41) is 8.44. The molecular formula is C5H8O4Ti2. The molecular weight excluding hydrogens is 220 g/mol. The molecule has 4 nitrogen and oxygen atoms in total. The van der Waals surface area contributed by atoms with Crippen LogP contribution in [0.2, 0.25) is 0 Å². The van der Waals surface area contributed by atoms with Crippen molar-refractivity contribution >= 4 is 11.9 Å². The molecule has 0 fully saturated rings. The summed E-state index contributed by atoms with van der Waals surface area (Å²) in [5.74, 6) is -1.62. The molecule has 0 aliphatic heterocycles. The molecule has 0 aliphatic carbocycles. The molecule has 0 saturated heterocycles. The minimum absolute atomic E-state index is 0. The Kier molecular flexibility index (Phi) is 13.8. The van der Waals surface area contributed by atoms with Gasteiger partial charge in [0.25, 0.3) is 0 Å². The van der Waals surface area contributed by atoms with E-state index in [9.17, 15) is 9.59 Å². The molecule has 0 amide bonds. The molecule has 0 aromatic carbocycles. The van der Waals surface area contributed by atoms with Gasteiger partial charge in [-0.2, -0.15) is 0 Å². The Morgan fingerprint density at radius 1 is 1.36 bits per heavy atom. The number of rotatable bonds is 1. The van der Waals surface area contributed by atoms with Gasteiger partial charge in [-0.15, -0.1) is 0 Å². The number of esters is 2. The number of carbonyl (C=O) groups excluding carboxylic acids is 2. The topological polar surface area (TPSA) is 63.6 Å². The van der Waals surface area contributed by atoms with E-state index in [1.165, 1.54) is 6.92 Å². The molecule has 0 radical (unpaired) electrons. The third kappa shape index (κ3) is 10.5. The minimum atomic E-state index is -1.23. The molecule has 1 atom stereocenters. The van der Waals surface area contributed by atoms with Gasteiger partial charge in [-0.3, -0.25) is 4.79 Å². The number of aliphatic hydroxyl groups excluding tert-OH is 1. The van der Waals surface area contributed by atoms with Crippen LogP contribution in [-0.4, -0.2) is 23.1 Å². The van der Waals surface area contributed by atoms with Crippen molar-refractivity contribution in [2.75, 3.05) is 0 Å². The van der Waals surface area contributed by atoms with Gasteiger partial charge < -0.3 is 9.84 Å². The van der Waals surface area contributed by atoms with Crippen molar-refractivity contribution in [3.63, 3.8) is 0 Å². The molecule has 0 rings (SSSR count). The quantitative estimate of drug-likeness (QED) is 0.371. The van der Waals surface area contributed by atoms with Crippen molar-refractivity contribution in [1.82, 2.24) is 0 Å². The zero-order valence-corrected chi connectivity index (χ0v) is 9.37. The van der Waals surface area contributed by atoms with Crippen molar-refractivity contribution in [2.24, 2.45) is 0 Å². The van der Waals surface area contributed by atoms with Crippen molar-refractivity contribution in [2.45, 2.75) is 20.0 Å². The SMILES string of the molecule is CC(=O)OC(=O)C(C)O.[Ti].[Ti]. The van der Waals surface area contributed by atoms with E-state index < -0.39 is 18.0 Å². The third-order valence-corrected chi connectivity index (χ3v) is 0.585. The van der Waals surface area contributed by atoms with Crippen LogP contribution in [0, 0.1) is 0 Å². The molecule has 6 heteroatoms. The zero-order valence-electron chi connectivity index (χ0n) is 6.25. The van der Waals surface area contributed by atoms with Gasteiger partial charge in [-0.05, 0) is 6.92 Å². The molecule has 0 saturated carbocycles. The first-order chi connectivity index (χ1) is 4.04. The van der Waals surface area contributed by atoms with E-state index in [0.29, 0.717) is 0 Å². The normalized spacial score (nSPS) is 10.1. The maximum absolute atomic E-state index is 10.3. The molecule has 60 valence electrons. The summed E-state index contributed by atoms with van der Waals surface area (Å²) < 4.78 is 3.98. The number of carbonyl (C=O) groups is 2. The first-order valence-corrected chi connectivity index (χ1v) is 2.44. The second-order valence-corrected chi connectivity index (χ2v) is 1.59. The van der Waals surface area contributed by atoms with Crippen LogP contribution in [0.15, 0.2) is 0 Å². The molecule has 1 unspecified atom stereocenters. The fourth-order valence-electron chi connectivity index (χ4n) is 0.227. The Bertz CT molecular complexity index is 134. The fraction of sp³-hybridized carbons (Fsp3) is 0.600. The van der Waals surface area contributed by atoms with Gasteiger partial charge in [0.15, 0.2) is 0 Å². The Morgan fingerprint density at radius 2 is 1.73 bits per heavy atom. The number of aliphatic hydroxyl groups is 1. The van der Waals surface area contributed by atoms with E-state index in [4.69, 9.17) is 5.11 Å². The number of hydrogen-bond donors (Lipinski definition) is 1. The van der Waals surface area contributed by atoms with Crippen LogP contribution in [0.25, 0.3) is 0 Å². The maximum Gasteiger partial charge on any atom is 0.342 e. The smallest absolute Gasteiger partial charge is 0.342 e. The van der Waals surface area contributed by atoms with Gasteiger partial charge in [0.2, 0.25) is 0 Å². The van der Waals surface area contributed by atoms with E-state index >= 15 is 0 Å². The fourth-order valence-corrected chi connectivity index (χ4v) is 0.227.